The number of anilines is 1. The van der Waals surface area contributed by atoms with Gasteiger partial charge in [0.05, 0.1) is 17.0 Å². The fraction of sp³-hybridized carbons (Fsp3) is 0.333. The topological polar surface area (TPSA) is 96.2 Å². The molecule has 0 saturated heterocycles. The second-order valence-electron chi connectivity index (χ2n) is 4.70. The van der Waals surface area contributed by atoms with Gasteiger partial charge in [0, 0.05) is 12.2 Å². The van der Waals surface area contributed by atoms with Crippen LogP contribution < -0.4 is 16.2 Å². The Hall–Kier alpha value is -2.50. The molecule has 2 aromatic rings. The lowest BCUT2D eigenvalue weighted by Gasteiger charge is -2.11. The Morgan fingerprint density at radius 2 is 2.10 bits per heavy atom. The number of aryl methyl sites for hydroxylation is 2. The van der Waals surface area contributed by atoms with E-state index in [0.717, 1.165) is 24.4 Å². The van der Waals surface area contributed by atoms with Crippen LogP contribution in [-0.4, -0.2) is 15.7 Å². The number of hydrogen-bond donors (Lipinski definition) is 2. The van der Waals surface area contributed by atoms with Gasteiger partial charge in [0.1, 0.15) is 12.4 Å². The van der Waals surface area contributed by atoms with Crippen molar-refractivity contribution >= 4 is 11.6 Å². The molecule has 0 atom stereocenters. The fourth-order valence-corrected chi connectivity index (χ4v) is 2.10. The van der Waals surface area contributed by atoms with Crippen LogP contribution in [0.15, 0.2) is 24.3 Å². The van der Waals surface area contributed by atoms with Crippen LogP contribution in [-0.2, 0) is 19.6 Å². The fourth-order valence-electron chi connectivity index (χ4n) is 2.10. The average Bonchev–Trinajstić information content (AvgIpc) is 2.88. The number of primary amides is 1. The Balaban J connectivity index is 2.20. The summed E-state index contributed by atoms with van der Waals surface area (Å²) >= 11 is 0. The molecule has 1 heterocycles. The van der Waals surface area contributed by atoms with Crippen LogP contribution in [0.1, 0.15) is 35.6 Å². The minimum Gasteiger partial charge on any atom is -0.486 e. The summed E-state index contributed by atoms with van der Waals surface area (Å²) in [6.45, 7) is 5.17. The molecule has 1 aromatic carbocycles. The summed E-state index contributed by atoms with van der Waals surface area (Å²) in [5.41, 5.74) is 13.7. The molecule has 0 aliphatic rings. The molecule has 0 aliphatic carbocycles. The van der Waals surface area contributed by atoms with Gasteiger partial charge in [0.25, 0.3) is 5.91 Å². The van der Waals surface area contributed by atoms with Gasteiger partial charge >= 0.3 is 0 Å². The van der Waals surface area contributed by atoms with Crippen molar-refractivity contribution in [2.75, 3.05) is 5.73 Å². The van der Waals surface area contributed by atoms with Crippen LogP contribution in [0, 0.1) is 0 Å². The van der Waals surface area contributed by atoms with E-state index in [1.54, 1.807) is 12.1 Å². The maximum absolute atomic E-state index is 11.4. The van der Waals surface area contributed by atoms with Crippen molar-refractivity contribution < 1.29 is 9.53 Å². The third-order valence-corrected chi connectivity index (χ3v) is 3.22. The molecule has 6 heteroatoms. The number of ether oxygens (including phenoxy) is 1. The molecule has 0 saturated carbocycles. The molecule has 0 bridgehead atoms. The number of nitrogen functional groups attached to an aromatic ring is 1. The number of hydrogen-bond acceptors (Lipinski definition) is 4. The van der Waals surface area contributed by atoms with E-state index in [1.807, 2.05) is 17.7 Å². The van der Waals surface area contributed by atoms with E-state index in [9.17, 15) is 4.79 Å². The van der Waals surface area contributed by atoms with Crippen molar-refractivity contribution in [3.05, 3.63) is 41.2 Å². The second-order valence-corrected chi connectivity index (χ2v) is 4.70. The van der Waals surface area contributed by atoms with E-state index < -0.39 is 5.91 Å². The van der Waals surface area contributed by atoms with Crippen molar-refractivity contribution in [3.63, 3.8) is 0 Å². The predicted molar refractivity (Wildman–Crippen MR) is 81.0 cm³/mol. The average molecular weight is 288 g/mol. The van der Waals surface area contributed by atoms with Crippen molar-refractivity contribution in [3.8, 4) is 5.75 Å². The summed E-state index contributed by atoms with van der Waals surface area (Å²) in [4.78, 5) is 11.4. The number of aromatic nitrogens is 2. The normalized spacial score (nSPS) is 10.6. The van der Waals surface area contributed by atoms with Gasteiger partial charge in [-0.3, -0.25) is 9.48 Å². The van der Waals surface area contributed by atoms with E-state index >= 15 is 0 Å². The van der Waals surface area contributed by atoms with Crippen molar-refractivity contribution in [2.24, 2.45) is 5.73 Å². The molecule has 0 spiro atoms. The second kappa shape index (κ2) is 6.30. The first-order valence-corrected chi connectivity index (χ1v) is 6.92. The molecule has 0 aliphatic heterocycles. The minimum absolute atomic E-state index is 0.285. The molecule has 1 amide bonds. The smallest absolute Gasteiger partial charge is 0.252 e. The van der Waals surface area contributed by atoms with Gasteiger partial charge in [-0.1, -0.05) is 6.92 Å². The number of carbonyl (C=O) groups excluding carboxylic acids is 1. The number of amides is 1. The molecule has 112 valence electrons. The van der Waals surface area contributed by atoms with Gasteiger partial charge < -0.3 is 16.2 Å². The molecular weight excluding hydrogens is 268 g/mol. The molecule has 2 rings (SSSR count). The van der Waals surface area contributed by atoms with Crippen LogP contribution in [0.2, 0.25) is 0 Å². The minimum atomic E-state index is -0.560. The maximum Gasteiger partial charge on any atom is 0.252 e. The Labute approximate surface area is 123 Å². The highest BCUT2D eigenvalue weighted by Crippen LogP contribution is 2.22. The zero-order chi connectivity index (χ0) is 15.4. The first kappa shape index (κ1) is 14.9. The molecule has 0 unspecified atom stereocenters. The summed E-state index contributed by atoms with van der Waals surface area (Å²) < 4.78 is 7.61. The first-order valence-electron chi connectivity index (χ1n) is 6.92. The van der Waals surface area contributed by atoms with Crippen LogP contribution >= 0.6 is 0 Å². The zero-order valence-corrected chi connectivity index (χ0v) is 12.3. The van der Waals surface area contributed by atoms with E-state index in [4.69, 9.17) is 16.2 Å². The van der Waals surface area contributed by atoms with Gasteiger partial charge in [-0.15, -0.1) is 0 Å². The summed E-state index contributed by atoms with van der Waals surface area (Å²) in [7, 11) is 0. The Morgan fingerprint density at radius 1 is 1.33 bits per heavy atom. The zero-order valence-electron chi connectivity index (χ0n) is 12.3. The Bertz CT molecular complexity index is 649. The molecule has 0 radical (unpaired) electrons. The molecule has 0 fully saturated rings. The third-order valence-electron chi connectivity index (χ3n) is 3.22. The Morgan fingerprint density at radius 3 is 2.71 bits per heavy atom. The number of rotatable bonds is 6. The quantitative estimate of drug-likeness (QED) is 0.791. The standard InChI is InChI=1S/C15H20N4O2/c1-3-11-8-12(19(4-2)18-11)9-21-14-6-5-10(16)7-13(14)15(17)20/h5-8H,3-4,9,16H2,1-2H3,(H2,17,20). The molecular formula is C15H20N4O2. The lowest BCUT2D eigenvalue weighted by Crippen LogP contribution is -2.14. The number of nitrogens with two attached hydrogens (primary N) is 2. The SMILES string of the molecule is CCc1cc(COc2ccc(N)cc2C(N)=O)n(CC)n1. The van der Waals surface area contributed by atoms with Crippen molar-refractivity contribution in [2.45, 2.75) is 33.4 Å². The van der Waals surface area contributed by atoms with Crippen molar-refractivity contribution in [1.29, 1.82) is 0 Å². The third kappa shape index (κ3) is 3.34. The van der Waals surface area contributed by atoms with Crippen LogP contribution in [0.25, 0.3) is 0 Å². The van der Waals surface area contributed by atoms with Crippen LogP contribution in [0.4, 0.5) is 5.69 Å². The molecule has 6 nitrogen and oxygen atoms in total. The predicted octanol–water partition coefficient (Wildman–Crippen LogP) is 1.73. The number of benzene rings is 1. The summed E-state index contributed by atoms with van der Waals surface area (Å²) in [6, 6.07) is 6.86. The molecule has 21 heavy (non-hydrogen) atoms. The van der Waals surface area contributed by atoms with Gasteiger partial charge in [0.2, 0.25) is 0 Å². The lowest BCUT2D eigenvalue weighted by atomic mass is 10.1. The highest BCUT2D eigenvalue weighted by molar-refractivity contribution is 5.96. The van der Waals surface area contributed by atoms with Crippen LogP contribution in [0.5, 0.6) is 5.75 Å². The van der Waals surface area contributed by atoms with E-state index in [0.29, 0.717) is 18.0 Å². The van der Waals surface area contributed by atoms with Crippen LogP contribution in [0.3, 0.4) is 0 Å². The van der Waals surface area contributed by atoms with E-state index in [-0.39, 0.29) is 5.56 Å². The van der Waals surface area contributed by atoms with Gasteiger partial charge in [0.15, 0.2) is 0 Å². The highest BCUT2D eigenvalue weighted by Gasteiger charge is 2.12. The summed E-state index contributed by atoms with van der Waals surface area (Å²) in [6.07, 6.45) is 0.869. The molecule has 4 N–H and O–H groups in total. The van der Waals surface area contributed by atoms with Gasteiger partial charge in [-0.25, -0.2) is 0 Å². The lowest BCUT2D eigenvalue weighted by molar-refractivity contribution is 0.0996. The monoisotopic (exact) mass is 288 g/mol. The van der Waals surface area contributed by atoms with E-state index in [2.05, 4.69) is 12.0 Å². The number of carbonyl (C=O) groups is 1. The van der Waals surface area contributed by atoms with Gasteiger partial charge in [-0.2, -0.15) is 5.10 Å². The summed E-state index contributed by atoms with van der Waals surface area (Å²) in [5, 5.41) is 4.46. The maximum atomic E-state index is 11.4. The molecule has 1 aromatic heterocycles. The van der Waals surface area contributed by atoms with E-state index in [1.165, 1.54) is 6.07 Å². The summed E-state index contributed by atoms with van der Waals surface area (Å²) in [5.74, 6) is -0.130. The van der Waals surface area contributed by atoms with Crippen molar-refractivity contribution in [1.82, 2.24) is 9.78 Å². The Kier molecular flexibility index (Phi) is 4.47. The van der Waals surface area contributed by atoms with Gasteiger partial charge in [-0.05, 0) is 37.6 Å². The number of nitrogens with zero attached hydrogens (tertiary/aromatic N) is 2. The first-order chi connectivity index (χ1) is 10.0. The largest absolute Gasteiger partial charge is 0.486 e. The highest BCUT2D eigenvalue weighted by atomic mass is 16.5.